The minimum Gasteiger partial charge on any atom is -0.497 e. The van der Waals surface area contributed by atoms with Crippen molar-refractivity contribution in [2.75, 3.05) is 7.11 Å². The Bertz CT molecular complexity index is 501. The van der Waals surface area contributed by atoms with E-state index in [0.29, 0.717) is 0 Å². The molecule has 0 saturated carbocycles. The molecule has 2 rings (SSSR count). The number of rotatable bonds is 2. The molecule has 0 heterocycles. The lowest BCUT2D eigenvalue weighted by molar-refractivity contribution is 0.415. The lowest BCUT2D eigenvalue weighted by atomic mass is 9.96. The molecular formula is C16H18O. The third-order valence-corrected chi connectivity index (χ3v) is 3.35. The van der Waals surface area contributed by atoms with Crippen LogP contribution in [0.15, 0.2) is 36.4 Å². The summed E-state index contributed by atoms with van der Waals surface area (Å²) in [6.45, 7) is 6.49. The van der Waals surface area contributed by atoms with Gasteiger partial charge in [-0.25, -0.2) is 0 Å². The second-order valence-electron chi connectivity index (χ2n) is 4.46. The van der Waals surface area contributed by atoms with Crippen LogP contribution < -0.4 is 4.74 Å². The molecule has 0 radical (unpaired) electrons. The summed E-state index contributed by atoms with van der Waals surface area (Å²) in [5.74, 6) is 0.898. The molecule has 0 aromatic heterocycles. The van der Waals surface area contributed by atoms with Crippen molar-refractivity contribution in [2.45, 2.75) is 20.8 Å². The highest BCUT2D eigenvalue weighted by molar-refractivity contribution is 5.66. The Balaban J connectivity index is 2.45. The van der Waals surface area contributed by atoms with Crippen molar-refractivity contribution in [1.82, 2.24) is 0 Å². The van der Waals surface area contributed by atoms with E-state index in [0.717, 1.165) is 5.75 Å². The highest BCUT2D eigenvalue weighted by atomic mass is 16.5. The normalized spacial score (nSPS) is 10.4. The van der Waals surface area contributed by atoms with Gasteiger partial charge < -0.3 is 4.74 Å². The number of methoxy groups -OCH3 is 1. The largest absolute Gasteiger partial charge is 0.497 e. The molecule has 0 atom stereocenters. The lowest BCUT2D eigenvalue weighted by Gasteiger charge is -2.09. The Morgan fingerprint density at radius 3 is 1.76 bits per heavy atom. The van der Waals surface area contributed by atoms with Crippen molar-refractivity contribution in [3.63, 3.8) is 0 Å². The van der Waals surface area contributed by atoms with Gasteiger partial charge in [0.2, 0.25) is 0 Å². The predicted octanol–water partition coefficient (Wildman–Crippen LogP) is 4.29. The van der Waals surface area contributed by atoms with Gasteiger partial charge in [-0.3, -0.25) is 0 Å². The zero-order valence-corrected chi connectivity index (χ0v) is 10.9. The smallest absolute Gasteiger partial charge is 0.118 e. The first-order chi connectivity index (χ1) is 8.11. The minimum absolute atomic E-state index is 0.898. The monoisotopic (exact) mass is 226 g/mol. The fourth-order valence-corrected chi connectivity index (χ4v) is 1.99. The van der Waals surface area contributed by atoms with Crippen LogP contribution in [0.2, 0.25) is 0 Å². The van der Waals surface area contributed by atoms with Crippen LogP contribution in [0.4, 0.5) is 0 Å². The summed E-state index contributed by atoms with van der Waals surface area (Å²) in [4.78, 5) is 0. The van der Waals surface area contributed by atoms with Crippen LogP contribution >= 0.6 is 0 Å². The second kappa shape index (κ2) is 4.62. The van der Waals surface area contributed by atoms with Gasteiger partial charge in [-0.15, -0.1) is 0 Å². The Kier molecular flexibility index (Phi) is 3.19. The molecule has 0 aliphatic rings. The lowest BCUT2D eigenvalue weighted by Crippen LogP contribution is -1.89. The van der Waals surface area contributed by atoms with Crippen molar-refractivity contribution in [3.05, 3.63) is 53.1 Å². The summed E-state index contributed by atoms with van der Waals surface area (Å²) in [6.07, 6.45) is 0. The van der Waals surface area contributed by atoms with E-state index in [2.05, 4.69) is 45.0 Å². The van der Waals surface area contributed by atoms with Gasteiger partial charge in [-0.1, -0.05) is 24.3 Å². The third-order valence-electron chi connectivity index (χ3n) is 3.35. The standard InChI is InChI=1S/C16H18O/c1-11-9-15(10-12(2)13(11)3)14-5-7-16(17-4)8-6-14/h5-10H,1-4H3. The minimum atomic E-state index is 0.898. The maximum absolute atomic E-state index is 5.17. The highest BCUT2D eigenvalue weighted by Gasteiger charge is 2.03. The topological polar surface area (TPSA) is 9.23 Å². The second-order valence-corrected chi connectivity index (χ2v) is 4.46. The number of ether oxygens (including phenoxy) is 1. The van der Waals surface area contributed by atoms with Crippen LogP contribution in [0.3, 0.4) is 0 Å². The van der Waals surface area contributed by atoms with Crippen LogP contribution in [-0.4, -0.2) is 7.11 Å². The van der Waals surface area contributed by atoms with Crippen LogP contribution in [0.25, 0.3) is 11.1 Å². The Morgan fingerprint density at radius 2 is 1.29 bits per heavy atom. The van der Waals surface area contributed by atoms with Gasteiger partial charge >= 0.3 is 0 Å². The van der Waals surface area contributed by atoms with Crippen molar-refractivity contribution in [3.8, 4) is 16.9 Å². The van der Waals surface area contributed by atoms with Crippen molar-refractivity contribution < 1.29 is 4.74 Å². The molecule has 0 N–H and O–H groups in total. The molecule has 1 heteroatoms. The van der Waals surface area contributed by atoms with Crippen molar-refractivity contribution in [1.29, 1.82) is 0 Å². The zero-order valence-electron chi connectivity index (χ0n) is 10.9. The average molecular weight is 226 g/mol. The van der Waals surface area contributed by atoms with Gasteiger partial charge in [0.05, 0.1) is 7.11 Å². The molecule has 0 saturated heterocycles. The molecule has 2 aromatic rings. The van der Waals surface area contributed by atoms with Crippen LogP contribution in [0.1, 0.15) is 16.7 Å². The average Bonchev–Trinajstić information content (AvgIpc) is 2.35. The quantitative estimate of drug-likeness (QED) is 0.742. The number of hydrogen-bond donors (Lipinski definition) is 0. The Labute approximate surface area is 103 Å². The molecule has 0 bridgehead atoms. The molecule has 0 amide bonds. The number of benzene rings is 2. The van der Waals surface area contributed by atoms with E-state index in [9.17, 15) is 0 Å². The van der Waals surface area contributed by atoms with E-state index in [1.54, 1.807) is 7.11 Å². The number of hydrogen-bond acceptors (Lipinski definition) is 1. The molecule has 88 valence electrons. The van der Waals surface area contributed by atoms with Gasteiger partial charge in [0.25, 0.3) is 0 Å². The van der Waals surface area contributed by atoms with Crippen LogP contribution in [0, 0.1) is 20.8 Å². The molecule has 0 aliphatic carbocycles. The van der Waals surface area contributed by atoms with Crippen molar-refractivity contribution in [2.24, 2.45) is 0 Å². The molecule has 2 aromatic carbocycles. The van der Waals surface area contributed by atoms with Crippen molar-refractivity contribution >= 4 is 0 Å². The summed E-state index contributed by atoms with van der Waals surface area (Å²) in [6, 6.07) is 12.7. The summed E-state index contributed by atoms with van der Waals surface area (Å²) in [5.41, 5.74) is 6.57. The molecular weight excluding hydrogens is 208 g/mol. The molecule has 0 spiro atoms. The van der Waals surface area contributed by atoms with E-state index in [4.69, 9.17) is 4.74 Å². The fourth-order valence-electron chi connectivity index (χ4n) is 1.99. The summed E-state index contributed by atoms with van der Waals surface area (Å²) in [5, 5.41) is 0. The maximum Gasteiger partial charge on any atom is 0.118 e. The SMILES string of the molecule is COc1ccc(-c2cc(C)c(C)c(C)c2)cc1. The first-order valence-electron chi connectivity index (χ1n) is 5.84. The van der Waals surface area contributed by atoms with E-state index in [1.165, 1.54) is 27.8 Å². The van der Waals surface area contributed by atoms with Crippen LogP contribution in [-0.2, 0) is 0 Å². The van der Waals surface area contributed by atoms with E-state index in [-0.39, 0.29) is 0 Å². The third kappa shape index (κ3) is 2.33. The molecule has 17 heavy (non-hydrogen) atoms. The van der Waals surface area contributed by atoms with E-state index >= 15 is 0 Å². The van der Waals surface area contributed by atoms with Gasteiger partial charge in [-0.05, 0) is 60.7 Å². The summed E-state index contributed by atoms with van der Waals surface area (Å²) < 4.78 is 5.17. The summed E-state index contributed by atoms with van der Waals surface area (Å²) >= 11 is 0. The number of aryl methyl sites for hydroxylation is 2. The van der Waals surface area contributed by atoms with Gasteiger partial charge in [-0.2, -0.15) is 0 Å². The molecule has 1 nitrogen and oxygen atoms in total. The van der Waals surface area contributed by atoms with E-state index < -0.39 is 0 Å². The Morgan fingerprint density at radius 1 is 0.765 bits per heavy atom. The van der Waals surface area contributed by atoms with E-state index in [1.807, 2.05) is 12.1 Å². The highest BCUT2D eigenvalue weighted by Crippen LogP contribution is 2.26. The van der Waals surface area contributed by atoms with Gasteiger partial charge in [0, 0.05) is 0 Å². The molecule has 0 unspecified atom stereocenters. The molecule has 0 aliphatic heterocycles. The molecule has 0 fully saturated rings. The fraction of sp³-hybridized carbons (Fsp3) is 0.250. The van der Waals surface area contributed by atoms with Gasteiger partial charge in [0.15, 0.2) is 0 Å². The van der Waals surface area contributed by atoms with Crippen LogP contribution in [0.5, 0.6) is 5.75 Å². The Hall–Kier alpha value is -1.76. The summed E-state index contributed by atoms with van der Waals surface area (Å²) in [7, 11) is 1.69. The maximum atomic E-state index is 5.17. The predicted molar refractivity (Wildman–Crippen MR) is 72.6 cm³/mol. The first-order valence-corrected chi connectivity index (χ1v) is 5.84. The zero-order chi connectivity index (χ0) is 12.4. The first kappa shape index (κ1) is 11.7. The van der Waals surface area contributed by atoms with Gasteiger partial charge in [0.1, 0.15) is 5.75 Å².